The standard InChI is InChI=1S/C11H15BrFNO2S/c1-17(15,16)4-2-3-11(14)8-5-9(12)7-10(13)6-8/h5-7,11H,2-4,14H2,1H3. The van der Waals surface area contributed by atoms with E-state index in [4.69, 9.17) is 5.73 Å². The second-order valence-electron chi connectivity index (χ2n) is 4.08. The van der Waals surface area contributed by atoms with Crippen LogP contribution in [0.5, 0.6) is 0 Å². The van der Waals surface area contributed by atoms with Gasteiger partial charge in [-0.05, 0) is 36.6 Å². The first kappa shape index (κ1) is 14.6. The summed E-state index contributed by atoms with van der Waals surface area (Å²) in [6.07, 6.45) is 2.19. The lowest BCUT2D eigenvalue weighted by atomic mass is 10.0. The molecular weight excluding hydrogens is 309 g/mol. The molecule has 0 spiro atoms. The minimum absolute atomic E-state index is 0.108. The normalized spacial score (nSPS) is 13.6. The molecule has 2 N–H and O–H groups in total. The van der Waals surface area contributed by atoms with E-state index in [0.29, 0.717) is 22.9 Å². The fourth-order valence-corrected chi connectivity index (χ4v) is 2.70. The number of rotatable bonds is 5. The van der Waals surface area contributed by atoms with Gasteiger partial charge in [0.15, 0.2) is 0 Å². The topological polar surface area (TPSA) is 60.2 Å². The van der Waals surface area contributed by atoms with Crippen LogP contribution in [-0.2, 0) is 9.84 Å². The van der Waals surface area contributed by atoms with Gasteiger partial charge in [-0.15, -0.1) is 0 Å². The zero-order valence-corrected chi connectivity index (χ0v) is 11.9. The lowest BCUT2D eigenvalue weighted by molar-refractivity contribution is 0.583. The number of hydrogen-bond acceptors (Lipinski definition) is 3. The predicted octanol–water partition coefficient (Wildman–Crippen LogP) is 2.41. The maximum absolute atomic E-state index is 13.1. The number of halogens is 2. The summed E-state index contributed by atoms with van der Waals surface area (Å²) < 4.78 is 35.6. The molecule has 1 atom stereocenters. The van der Waals surface area contributed by atoms with E-state index in [1.165, 1.54) is 18.4 Å². The molecule has 1 rings (SSSR count). The third-order valence-electron chi connectivity index (χ3n) is 2.34. The van der Waals surface area contributed by atoms with Crippen LogP contribution in [0.25, 0.3) is 0 Å². The molecule has 0 saturated carbocycles. The smallest absolute Gasteiger partial charge is 0.147 e. The van der Waals surface area contributed by atoms with Crippen molar-refractivity contribution >= 4 is 25.8 Å². The monoisotopic (exact) mass is 323 g/mol. The summed E-state index contributed by atoms with van der Waals surface area (Å²) in [5.41, 5.74) is 6.55. The predicted molar refractivity (Wildman–Crippen MR) is 70.0 cm³/mol. The average Bonchev–Trinajstić information content (AvgIpc) is 2.13. The van der Waals surface area contributed by atoms with Gasteiger partial charge < -0.3 is 5.73 Å². The molecule has 6 heteroatoms. The Kier molecular flexibility index (Phi) is 5.09. The number of nitrogens with two attached hydrogens (primary N) is 1. The zero-order chi connectivity index (χ0) is 13.1. The van der Waals surface area contributed by atoms with Gasteiger partial charge in [0, 0.05) is 22.5 Å². The van der Waals surface area contributed by atoms with Crippen molar-refractivity contribution in [3.05, 3.63) is 34.1 Å². The Bertz CT molecular complexity index is 470. The van der Waals surface area contributed by atoms with E-state index < -0.39 is 9.84 Å². The highest BCUT2D eigenvalue weighted by atomic mass is 79.9. The molecule has 0 fully saturated rings. The van der Waals surface area contributed by atoms with Crippen molar-refractivity contribution in [1.82, 2.24) is 0 Å². The van der Waals surface area contributed by atoms with Crippen molar-refractivity contribution in [3.8, 4) is 0 Å². The molecule has 0 amide bonds. The number of hydrogen-bond donors (Lipinski definition) is 1. The Morgan fingerprint density at radius 3 is 2.59 bits per heavy atom. The molecule has 0 aliphatic carbocycles. The van der Waals surface area contributed by atoms with E-state index in [2.05, 4.69) is 15.9 Å². The van der Waals surface area contributed by atoms with Crippen LogP contribution in [0.2, 0.25) is 0 Å². The summed E-state index contributed by atoms with van der Waals surface area (Å²) in [5, 5.41) is 0. The molecule has 0 bridgehead atoms. The Morgan fingerprint density at radius 1 is 1.41 bits per heavy atom. The molecule has 3 nitrogen and oxygen atoms in total. The first-order chi connectivity index (χ1) is 7.78. The van der Waals surface area contributed by atoms with Crippen LogP contribution in [0.3, 0.4) is 0 Å². The van der Waals surface area contributed by atoms with Gasteiger partial charge in [-0.25, -0.2) is 12.8 Å². The van der Waals surface area contributed by atoms with Gasteiger partial charge in [-0.2, -0.15) is 0 Å². The number of benzene rings is 1. The molecule has 0 aliphatic rings. The van der Waals surface area contributed by atoms with E-state index in [9.17, 15) is 12.8 Å². The molecule has 17 heavy (non-hydrogen) atoms. The Labute approximate surface area is 109 Å². The lowest BCUT2D eigenvalue weighted by Crippen LogP contribution is -2.13. The third-order valence-corrected chi connectivity index (χ3v) is 3.83. The van der Waals surface area contributed by atoms with E-state index >= 15 is 0 Å². The van der Waals surface area contributed by atoms with Gasteiger partial charge >= 0.3 is 0 Å². The highest BCUT2D eigenvalue weighted by Crippen LogP contribution is 2.22. The van der Waals surface area contributed by atoms with E-state index in [1.54, 1.807) is 6.07 Å². The van der Waals surface area contributed by atoms with Crippen LogP contribution in [0.15, 0.2) is 22.7 Å². The van der Waals surface area contributed by atoms with Crippen molar-refractivity contribution in [3.63, 3.8) is 0 Å². The fourth-order valence-electron chi connectivity index (χ4n) is 1.52. The van der Waals surface area contributed by atoms with Gasteiger partial charge in [0.2, 0.25) is 0 Å². The van der Waals surface area contributed by atoms with Gasteiger partial charge in [0.25, 0.3) is 0 Å². The van der Waals surface area contributed by atoms with E-state index in [-0.39, 0.29) is 17.6 Å². The summed E-state index contributed by atoms with van der Waals surface area (Å²) in [6, 6.07) is 4.13. The highest BCUT2D eigenvalue weighted by Gasteiger charge is 2.10. The van der Waals surface area contributed by atoms with Crippen molar-refractivity contribution in [2.45, 2.75) is 18.9 Å². The molecule has 0 radical (unpaired) electrons. The summed E-state index contributed by atoms with van der Waals surface area (Å²) in [5.74, 6) is -0.245. The minimum Gasteiger partial charge on any atom is -0.324 e. The first-order valence-electron chi connectivity index (χ1n) is 5.17. The van der Waals surface area contributed by atoms with Crippen LogP contribution in [0.1, 0.15) is 24.4 Å². The molecule has 96 valence electrons. The Hall–Kier alpha value is -0.460. The second kappa shape index (κ2) is 5.93. The minimum atomic E-state index is -2.96. The Morgan fingerprint density at radius 2 is 2.06 bits per heavy atom. The summed E-state index contributed by atoms with van der Waals surface area (Å²) in [6.45, 7) is 0. The van der Waals surface area contributed by atoms with Gasteiger partial charge in [0.05, 0.1) is 0 Å². The molecule has 1 unspecified atom stereocenters. The van der Waals surface area contributed by atoms with Crippen molar-refractivity contribution < 1.29 is 12.8 Å². The quantitative estimate of drug-likeness (QED) is 0.905. The maximum atomic E-state index is 13.1. The van der Waals surface area contributed by atoms with Gasteiger partial charge in [-0.3, -0.25) is 0 Å². The molecule has 0 aromatic heterocycles. The van der Waals surface area contributed by atoms with Crippen LogP contribution >= 0.6 is 15.9 Å². The SMILES string of the molecule is CS(=O)(=O)CCCC(N)c1cc(F)cc(Br)c1. The molecule has 0 aliphatic heterocycles. The van der Waals surface area contributed by atoms with Crippen molar-refractivity contribution in [2.75, 3.05) is 12.0 Å². The molecule has 0 heterocycles. The van der Waals surface area contributed by atoms with E-state index in [1.807, 2.05) is 0 Å². The molecule has 1 aromatic carbocycles. The lowest BCUT2D eigenvalue weighted by Gasteiger charge is -2.12. The van der Waals surface area contributed by atoms with Crippen LogP contribution < -0.4 is 5.73 Å². The van der Waals surface area contributed by atoms with Gasteiger partial charge in [0.1, 0.15) is 15.7 Å². The largest absolute Gasteiger partial charge is 0.324 e. The summed E-state index contributed by atoms with van der Waals surface area (Å²) in [4.78, 5) is 0. The molecule has 0 saturated heterocycles. The summed E-state index contributed by atoms with van der Waals surface area (Å²) >= 11 is 3.19. The van der Waals surface area contributed by atoms with Crippen LogP contribution in [0.4, 0.5) is 4.39 Å². The second-order valence-corrected chi connectivity index (χ2v) is 7.26. The summed E-state index contributed by atoms with van der Waals surface area (Å²) in [7, 11) is -2.96. The fraction of sp³-hybridized carbons (Fsp3) is 0.455. The third kappa shape index (κ3) is 5.61. The first-order valence-corrected chi connectivity index (χ1v) is 8.02. The number of sulfone groups is 1. The zero-order valence-electron chi connectivity index (χ0n) is 9.49. The van der Waals surface area contributed by atoms with Crippen LogP contribution in [0, 0.1) is 5.82 Å². The van der Waals surface area contributed by atoms with Crippen molar-refractivity contribution in [2.24, 2.45) is 5.73 Å². The maximum Gasteiger partial charge on any atom is 0.147 e. The molecule has 1 aromatic rings. The highest BCUT2D eigenvalue weighted by molar-refractivity contribution is 9.10. The van der Waals surface area contributed by atoms with Gasteiger partial charge in [-0.1, -0.05) is 15.9 Å². The Balaban J connectivity index is 2.61. The average molecular weight is 324 g/mol. The van der Waals surface area contributed by atoms with Crippen LogP contribution in [-0.4, -0.2) is 20.4 Å². The molecular formula is C11H15BrFNO2S. The van der Waals surface area contributed by atoms with Crippen molar-refractivity contribution in [1.29, 1.82) is 0 Å². The van der Waals surface area contributed by atoms with E-state index in [0.717, 1.165) is 0 Å².